The van der Waals surface area contributed by atoms with Gasteiger partial charge in [-0.25, -0.2) is 13.9 Å². The smallest absolute Gasteiger partial charge is 0.261 e. The van der Waals surface area contributed by atoms with Crippen molar-refractivity contribution in [2.75, 3.05) is 13.2 Å². The van der Waals surface area contributed by atoms with E-state index < -0.39 is 11.0 Å². The zero-order chi connectivity index (χ0) is 20.1. The van der Waals surface area contributed by atoms with Gasteiger partial charge in [0, 0.05) is 13.1 Å². The lowest BCUT2D eigenvalue weighted by Crippen LogP contribution is -2.48. The molecule has 7 heteroatoms. The molecule has 0 spiro atoms. The molecule has 27 heavy (non-hydrogen) atoms. The monoisotopic (exact) mass is 391 g/mol. The molecule has 0 amide bonds. The van der Waals surface area contributed by atoms with Gasteiger partial charge in [0.05, 0.1) is 45.3 Å². The second kappa shape index (κ2) is 6.79. The molecule has 2 heterocycles. The summed E-state index contributed by atoms with van der Waals surface area (Å²) in [5.74, 6) is 0.737. The van der Waals surface area contributed by atoms with Gasteiger partial charge in [0.25, 0.3) is 5.56 Å². The van der Waals surface area contributed by atoms with Gasteiger partial charge in [-0.3, -0.25) is 9.36 Å². The first kappa shape index (κ1) is 20.2. The van der Waals surface area contributed by atoms with Crippen LogP contribution >= 0.6 is 0 Å². The van der Waals surface area contributed by atoms with E-state index in [4.69, 9.17) is 9.72 Å². The molecule has 2 atom stereocenters. The Bertz CT molecular complexity index is 971. The van der Waals surface area contributed by atoms with Crippen LogP contribution in [0.3, 0.4) is 0 Å². The Labute approximate surface area is 162 Å². The minimum absolute atomic E-state index is 0.0581. The average molecular weight is 392 g/mol. The number of hydrogen-bond acceptors (Lipinski definition) is 4. The number of nitrogens with zero attached hydrogens (tertiary/aromatic N) is 2. The van der Waals surface area contributed by atoms with Crippen LogP contribution in [0.4, 0.5) is 0 Å². The minimum Gasteiger partial charge on any atom is -0.379 e. The Balaban J connectivity index is 2.18. The Morgan fingerprint density at radius 1 is 1.33 bits per heavy atom. The fourth-order valence-electron chi connectivity index (χ4n) is 3.36. The second-order valence-corrected chi connectivity index (χ2v) is 10.8. The van der Waals surface area contributed by atoms with Gasteiger partial charge >= 0.3 is 0 Å². The SMILES string of the molecule is Cc1cc([C@@H](C)NS(=O)C(C)(C)C)c2nc(C3(C)COC3)n(C)c(=O)c2c1. The number of fused-ring (bicyclic) bond motifs is 1. The number of aromatic nitrogens is 2. The Hall–Kier alpha value is -1.57. The highest BCUT2D eigenvalue weighted by Gasteiger charge is 2.39. The van der Waals surface area contributed by atoms with Crippen LogP contribution in [0.5, 0.6) is 0 Å². The van der Waals surface area contributed by atoms with Gasteiger partial charge in [-0.05, 0) is 58.7 Å². The molecule has 1 aromatic carbocycles. The van der Waals surface area contributed by atoms with Crippen LogP contribution in [0.15, 0.2) is 16.9 Å². The number of rotatable bonds is 4. The summed E-state index contributed by atoms with van der Waals surface area (Å²) in [5, 5.41) is 0.593. The fourth-order valence-corrected chi connectivity index (χ4v) is 4.16. The van der Waals surface area contributed by atoms with Crippen LogP contribution < -0.4 is 10.3 Å². The Kier molecular flexibility index (Phi) is 5.08. The van der Waals surface area contributed by atoms with Crippen molar-refractivity contribution in [1.82, 2.24) is 14.3 Å². The number of ether oxygens (including phenoxy) is 1. The normalized spacial score (nSPS) is 18.9. The summed E-state index contributed by atoms with van der Waals surface area (Å²) < 4.78 is 22.4. The maximum absolute atomic E-state index is 13.0. The molecule has 1 aliphatic heterocycles. The molecule has 0 bridgehead atoms. The maximum atomic E-state index is 13.0. The second-order valence-electron chi connectivity index (χ2n) is 8.82. The molecular weight excluding hydrogens is 362 g/mol. The molecule has 1 N–H and O–H groups in total. The van der Waals surface area contributed by atoms with E-state index in [9.17, 15) is 9.00 Å². The van der Waals surface area contributed by atoms with Gasteiger partial charge in [-0.1, -0.05) is 6.07 Å². The molecule has 0 aliphatic carbocycles. The molecule has 3 rings (SSSR count). The van der Waals surface area contributed by atoms with Crippen molar-refractivity contribution < 1.29 is 8.95 Å². The van der Waals surface area contributed by atoms with E-state index in [0.29, 0.717) is 24.1 Å². The maximum Gasteiger partial charge on any atom is 0.261 e. The quantitative estimate of drug-likeness (QED) is 0.870. The van der Waals surface area contributed by atoms with Crippen LogP contribution in [0.2, 0.25) is 0 Å². The van der Waals surface area contributed by atoms with Crippen molar-refractivity contribution in [3.8, 4) is 0 Å². The van der Waals surface area contributed by atoms with E-state index in [-0.39, 0.29) is 21.8 Å². The molecule has 0 saturated carbocycles. The van der Waals surface area contributed by atoms with Crippen molar-refractivity contribution in [3.05, 3.63) is 39.4 Å². The summed E-state index contributed by atoms with van der Waals surface area (Å²) in [6.45, 7) is 12.9. The van der Waals surface area contributed by atoms with E-state index in [1.807, 2.05) is 46.8 Å². The number of hydrogen-bond donors (Lipinski definition) is 1. The predicted octanol–water partition coefficient (Wildman–Crippen LogP) is 2.64. The van der Waals surface area contributed by atoms with Crippen molar-refractivity contribution >= 4 is 21.9 Å². The Morgan fingerprint density at radius 2 is 1.96 bits per heavy atom. The molecule has 1 unspecified atom stereocenters. The van der Waals surface area contributed by atoms with E-state index in [1.54, 1.807) is 11.6 Å². The molecule has 0 radical (unpaired) electrons. The highest BCUT2D eigenvalue weighted by molar-refractivity contribution is 7.84. The van der Waals surface area contributed by atoms with Crippen LogP contribution in [0.1, 0.15) is 57.6 Å². The van der Waals surface area contributed by atoms with Crippen molar-refractivity contribution in [2.24, 2.45) is 7.05 Å². The molecular formula is C20H29N3O3S. The minimum atomic E-state index is -1.22. The first-order chi connectivity index (χ1) is 12.4. The molecule has 1 aromatic heterocycles. The molecule has 148 valence electrons. The van der Waals surface area contributed by atoms with Crippen molar-refractivity contribution in [3.63, 3.8) is 0 Å². The highest BCUT2D eigenvalue weighted by atomic mass is 32.2. The largest absolute Gasteiger partial charge is 0.379 e. The summed E-state index contributed by atoms with van der Waals surface area (Å²) in [5.41, 5.74) is 2.24. The lowest BCUT2D eigenvalue weighted by molar-refractivity contribution is -0.0559. The van der Waals surface area contributed by atoms with E-state index in [1.165, 1.54) is 0 Å². The summed E-state index contributed by atoms with van der Waals surface area (Å²) in [6.07, 6.45) is 0. The average Bonchev–Trinajstić information content (AvgIpc) is 2.54. The standard InChI is InChI=1S/C20H29N3O3S/c1-12-8-14(13(2)22-27(25)19(3,4)5)16-15(9-12)17(24)23(7)18(21-16)20(6)10-26-11-20/h8-9,13,22H,10-11H2,1-7H3/t13-,27?/m1/s1. The molecule has 1 fully saturated rings. The van der Waals surface area contributed by atoms with Gasteiger partial charge in [0.15, 0.2) is 0 Å². The molecule has 1 aliphatic rings. The predicted molar refractivity (Wildman–Crippen MR) is 109 cm³/mol. The summed E-state index contributed by atoms with van der Waals surface area (Å²) >= 11 is 0. The van der Waals surface area contributed by atoms with Gasteiger partial charge in [-0.15, -0.1) is 0 Å². The zero-order valence-corrected chi connectivity index (χ0v) is 18.0. The summed E-state index contributed by atoms with van der Waals surface area (Å²) in [6, 6.07) is 3.70. The lowest BCUT2D eigenvalue weighted by Gasteiger charge is -2.38. The fraction of sp³-hybridized carbons (Fsp3) is 0.600. The lowest BCUT2D eigenvalue weighted by atomic mass is 9.87. The van der Waals surface area contributed by atoms with Crippen LogP contribution in [-0.2, 0) is 28.2 Å². The molecule has 1 saturated heterocycles. The summed E-state index contributed by atoms with van der Waals surface area (Å²) in [7, 11) is 0.549. The first-order valence-corrected chi connectivity index (χ1v) is 10.4. The van der Waals surface area contributed by atoms with Crippen molar-refractivity contribution in [2.45, 2.75) is 57.7 Å². The Morgan fingerprint density at radius 3 is 2.48 bits per heavy atom. The van der Waals surface area contributed by atoms with Crippen molar-refractivity contribution in [1.29, 1.82) is 0 Å². The third-order valence-electron chi connectivity index (χ3n) is 5.04. The third-order valence-corrected chi connectivity index (χ3v) is 6.72. The summed E-state index contributed by atoms with van der Waals surface area (Å²) in [4.78, 5) is 18.0. The van der Waals surface area contributed by atoms with Crippen LogP contribution in [-0.4, -0.2) is 31.7 Å². The van der Waals surface area contributed by atoms with Crippen LogP contribution in [0.25, 0.3) is 10.9 Å². The first-order valence-electron chi connectivity index (χ1n) is 9.21. The van der Waals surface area contributed by atoms with Gasteiger partial charge in [-0.2, -0.15) is 0 Å². The zero-order valence-electron chi connectivity index (χ0n) is 17.2. The number of benzene rings is 1. The van der Waals surface area contributed by atoms with E-state index >= 15 is 0 Å². The van der Waals surface area contributed by atoms with Gasteiger partial charge in [0.1, 0.15) is 5.82 Å². The van der Waals surface area contributed by atoms with Gasteiger partial charge < -0.3 is 4.74 Å². The molecule has 6 nitrogen and oxygen atoms in total. The highest BCUT2D eigenvalue weighted by Crippen LogP contribution is 2.32. The topological polar surface area (TPSA) is 73.2 Å². The third kappa shape index (κ3) is 3.60. The van der Waals surface area contributed by atoms with Gasteiger partial charge in [0.2, 0.25) is 0 Å². The van der Waals surface area contributed by atoms with E-state index in [0.717, 1.165) is 17.0 Å². The van der Waals surface area contributed by atoms with Crippen LogP contribution in [0, 0.1) is 6.92 Å². The number of aryl methyl sites for hydroxylation is 1. The molecule has 2 aromatic rings. The number of nitrogens with one attached hydrogen (secondary N) is 1. The van der Waals surface area contributed by atoms with E-state index in [2.05, 4.69) is 11.6 Å².